The van der Waals surface area contributed by atoms with Crippen molar-refractivity contribution in [2.24, 2.45) is 0 Å². The summed E-state index contributed by atoms with van der Waals surface area (Å²) in [5.41, 5.74) is 0.372. The third kappa shape index (κ3) is 1.83. The largest absolute Gasteiger partial charge is 0.508 e. The van der Waals surface area contributed by atoms with E-state index in [-0.39, 0.29) is 18.0 Å². The summed E-state index contributed by atoms with van der Waals surface area (Å²) in [6.45, 7) is 0. The molecule has 1 N–H and O–H groups in total. The normalized spacial score (nSPS) is 8.92. The van der Waals surface area contributed by atoms with Gasteiger partial charge in [-0.1, -0.05) is 12.1 Å². The average molecular weight is 161 g/mol. The van der Waals surface area contributed by atoms with Crippen LogP contribution in [0.2, 0.25) is 0 Å². The number of aromatic hydroxyl groups is 1. The van der Waals surface area contributed by atoms with Crippen molar-refractivity contribution in [3.63, 3.8) is 0 Å². The van der Waals surface area contributed by atoms with Crippen molar-refractivity contribution in [1.82, 2.24) is 0 Å². The first kappa shape index (κ1) is 8.28. The molecule has 0 aliphatic rings. The quantitative estimate of drug-likeness (QED) is 0.668. The molecule has 0 spiro atoms. The maximum absolute atomic E-state index is 11.1. The van der Waals surface area contributed by atoms with Gasteiger partial charge in [0, 0.05) is 5.56 Å². The van der Waals surface area contributed by atoms with Gasteiger partial charge in [-0.05, 0) is 12.1 Å². The minimum Gasteiger partial charge on any atom is -0.508 e. The molecule has 0 aromatic heterocycles. The van der Waals surface area contributed by atoms with E-state index >= 15 is 0 Å². The lowest BCUT2D eigenvalue weighted by Crippen LogP contribution is -1.95. The molecule has 0 aliphatic heterocycles. The van der Waals surface area contributed by atoms with Crippen molar-refractivity contribution in [3.8, 4) is 11.8 Å². The van der Waals surface area contributed by atoms with Crippen molar-refractivity contribution in [3.05, 3.63) is 29.8 Å². The molecule has 1 rings (SSSR count). The zero-order valence-corrected chi connectivity index (χ0v) is 6.32. The molecular formula is C9H7NO2. The Morgan fingerprint density at radius 1 is 1.58 bits per heavy atom. The van der Waals surface area contributed by atoms with Crippen molar-refractivity contribution < 1.29 is 9.90 Å². The predicted octanol–water partition coefficient (Wildman–Crippen LogP) is 1.49. The van der Waals surface area contributed by atoms with Gasteiger partial charge in [-0.2, -0.15) is 5.26 Å². The molecule has 0 bridgehead atoms. The van der Waals surface area contributed by atoms with Gasteiger partial charge in [0.05, 0.1) is 12.5 Å². The first-order valence-corrected chi connectivity index (χ1v) is 3.43. The highest BCUT2D eigenvalue weighted by Gasteiger charge is 2.04. The summed E-state index contributed by atoms with van der Waals surface area (Å²) in [4.78, 5) is 11.1. The van der Waals surface area contributed by atoms with Gasteiger partial charge in [0.15, 0.2) is 5.78 Å². The maximum Gasteiger partial charge on any atom is 0.177 e. The van der Waals surface area contributed by atoms with Crippen LogP contribution in [0.1, 0.15) is 16.8 Å². The van der Waals surface area contributed by atoms with Gasteiger partial charge in [0.2, 0.25) is 0 Å². The van der Waals surface area contributed by atoms with Crippen LogP contribution < -0.4 is 0 Å². The lowest BCUT2D eigenvalue weighted by atomic mass is 10.1. The van der Waals surface area contributed by atoms with E-state index in [2.05, 4.69) is 0 Å². The lowest BCUT2D eigenvalue weighted by molar-refractivity contribution is 0.0997. The van der Waals surface area contributed by atoms with E-state index in [1.165, 1.54) is 12.1 Å². The van der Waals surface area contributed by atoms with Crippen molar-refractivity contribution in [2.75, 3.05) is 0 Å². The second-order valence-corrected chi connectivity index (χ2v) is 2.31. The Morgan fingerprint density at radius 3 is 2.92 bits per heavy atom. The van der Waals surface area contributed by atoms with E-state index in [0.717, 1.165) is 0 Å². The summed E-state index contributed by atoms with van der Waals surface area (Å²) in [5, 5.41) is 17.2. The highest BCUT2D eigenvalue weighted by atomic mass is 16.3. The Hall–Kier alpha value is -1.82. The van der Waals surface area contributed by atoms with Gasteiger partial charge in [-0.25, -0.2) is 0 Å². The van der Waals surface area contributed by atoms with Crippen LogP contribution in [-0.2, 0) is 0 Å². The molecule has 0 heterocycles. The van der Waals surface area contributed by atoms with Crippen LogP contribution in [0.4, 0.5) is 0 Å². The van der Waals surface area contributed by atoms with E-state index in [1.807, 2.05) is 0 Å². The monoisotopic (exact) mass is 161 g/mol. The Balaban J connectivity index is 2.90. The van der Waals surface area contributed by atoms with Gasteiger partial charge in [0.25, 0.3) is 0 Å². The number of hydrogen-bond donors (Lipinski definition) is 1. The van der Waals surface area contributed by atoms with Gasteiger partial charge in [-0.3, -0.25) is 4.79 Å². The van der Waals surface area contributed by atoms with Gasteiger partial charge < -0.3 is 5.11 Å². The summed E-state index contributed by atoms with van der Waals surface area (Å²) < 4.78 is 0. The molecule has 0 saturated carbocycles. The fourth-order valence-electron chi connectivity index (χ4n) is 0.853. The molecule has 0 unspecified atom stereocenters. The van der Waals surface area contributed by atoms with Crippen LogP contribution in [-0.4, -0.2) is 10.9 Å². The number of carbonyl (C=O) groups is 1. The minimum atomic E-state index is -0.270. The first-order chi connectivity index (χ1) is 5.74. The number of nitrogens with zero attached hydrogens (tertiary/aromatic N) is 1. The van der Waals surface area contributed by atoms with Crippen LogP contribution in [0.3, 0.4) is 0 Å². The van der Waals surface area contributed by atoms with Crippen molar-refractivity contribution in [2.45, 2.75) is 6.42 Å². The average Bonchev–Trinajstić information content (AvgIpc) is 2.05. The van der Waals surface area contributed by atoms with E-state index in [1.54, 1.807) is 18.2 Å². The van der Waals surface area contributed by atoms with Crippen LogP contribution in [0.15, 0.2) is 24.3 Å². The van der Waals surface area contributed by atoms with Crippen LogP contribution in [0, 0.1) is 11.3 Å². The predicted molar refractivity (Wildman–Crippen MR) is 42.7 cm³/mol. The van der Waals surface area contributed by atoms with E-state index in [9.17, 15) is 4.79 Å². The number of nitriles is 1. The number of hydrogen-bond acceptors (Lipinski definition) is 3. The molecule has 0 fully saturated rings. The minimum absolute atomic E-state index is 0.0405. The SMILES string of the molecule is N#CCC(=O)c1cccc(O)c1. The van der Waals surface area contributed by atoms with Crippen LogP contribution in [0.25, 0.3) is 0 Å². The molecule has 1 aromatic carbocycles. The number of phenolic OH excluding ortho intramolecular Hbond substituents is 1. The Kier molecular flexibility index (Phi) is 2.44. The van der Waals surface area contributed by atoms with E-state index in [0.29, 0.717) is 5.56 Å². The number of rotatable bonds is 2. The van der Waals surface area contributed by atoms with Crippen LogP contribution >= 0.6 is 0 Å². The highest BCUT2D eigenvalue weighted by Crippen LogP contribution is 2.11. The smallest absolute Gasteiger partial charge is 0.177 e. The molecule has 0 atom stereocenters. The Bertz CT molecular complexity index is 339. The number of benzene rings is 1. The zero-order chi connectivity index (χ0) is 8.97. The molecule has 0 saturated heterocycles. The molecule has 0 radical (unpaired) electrons. The van der Waals surface area contributed by atoms with Crippen molar-refractivity contribution in [1.29, 1.82) is 5.26 Å². The van der Waals surface area contributed by atoms with Gasteiger partial charge >= 0.3 is 0 Å². The molecule has 0 aliphatic carbocycles. The first-order valence-electron chi connectivity index (χ1n) is 3.43. The Labute approximate surface area is 69.9 Å². The lowest BCUT2D eigenvalue weighted by Gasteiger charge is -1.95. The second kappa shape index (κ2) is 3.54. The molecule has 1 aromatic rings. The highest BCUT2D eigenvalue weighted by molar-refractivity contribution is 5.97. The number of phenols is 1. The summed E-state index contributed by atoms with van der Waals surface area (Å²) in [6, 6.07) is 7.71. The molecule has 12 heavy (non-hydrogen) atoms. The summed E-state index contributed by atoms with van der Waals surface area (Å²) in [7, 11) is 0. The number of Topliss-reactive ketones (excluding diaryl/α,β-unsaturated/α-hetero) is 1. The molecule has 60 valence electrons. The number of ketones is 1. The summed E-state index contributed by atoms with van der Waals surface area (Å²) >= 11 is 0. The maximum atomic E-state index is 11.1. The van der Waals surface area contributed by atoms with Crippen molar-refractivity contribution >= 4 is 5.78 Å². The third-order valence-corrected chi connectivity index (χ3v) is 1.41. The third-order valence-electron chi connectivity index (χ3n) is 1.41. The number of carbonyl (C=O) groups excluding carboxylic acids is 1. The molecule has 3 nitrogen and oxygen atoms in total. The van der Waals surface area contributed by atoms with Gasteiger partial charge in [-0.15, -0.1) is 0 Å². The van der Waals surface area contributed by atoms with Crippen LogP contribution in [0.5, 0.6) is 5.75 Å². The second-order valence-electron chi connectivity index (χ2n) is 2.31. The molecule has 3 heteroatoms. The molecule has 0 amide bonds. The Morgan fingerprint density at radius 2 is 2.33 bits per heavy atom. The molecular weight excluding hydrogens is 154 g/mol. The topological polar surface area (TPSA) is 61.1 Å². The fraction of sp³-hybridized carbons (Fsp3) is 0.111. The zero-order valence-electron chi connectivity index (χ0n) is 6.32. The van der Waals surface area contributed by atoms with E-state index < -0.39 is 0 Å². The fourth-order valence-corrected chi connectivity index (χ4v) is 0.853. The van der Waals surface area contributed by atoms with E-state index in [4.69, 9.17) is 10.4 Å². The summed E-state index contributed by atoms with van der Waals surface area (Å²) in [6.07, 6.45) is -0.149. The van der Waals surface area contributed by atoms with Gasteiger partial charge in [0.1, 0.15) is 5.75 Å². The standard InChI is InChI=1S/C9H7NO2/c10-5-4-9(12)7-2-1-3-8(11)6-7/h1-3,6,11H,4H2. The summed E-state index contributed by atoms with van der Waals surface area (Å²) in [5.74, 6) is -0.229.